The molecule has 168 valence electrons. The lowest BCUT2D eigenvalue weighted by molar-refractivity contribution is 0.0616. The number of nitrogens with zero attached hydrogens (tertiary/aromatic N) is 3. The quantitative estimate of drug-likeness (QED) is 0.537. The molecule has 32 heavy (non-hydrogen) atoms. The van der Waals surface area contributed by atoms with Gasteiger partial charge >= 0.3 is 0 Å². The van der Waals surface area contributed by atoms with Gasteiger partial charge in [-0.1, -0.05) is 35.0 Å². The summed E-state index contributed by atoms with van der Waals surface area (Å²) in [5.74, 6) is 1.27. The Kier molecular flexibility index (Phi) is 6.82. The summed E-state index contributed by atoms with van der Waals surface area (Å²) in [5.41, 5.74) is 4.64. The molecule has 0 atom stereocenters. The summed E-state index contributed by atoms with van der Waals surface area (Å²) < 4.78 is 11.3. The summed E-state index contributed by atoms with van der Waals surface area (Å²) in [4.78, 5) is 17.3. The molecule has 4 rings (SSSR count). The summed E-state index contributed by atoms with van der Waals surface area (Å²) >= 11 is 5.97. The van der Waals surface area contributed by atoms with E-state index < -0.39 is 0 Å². The van der Waals surface area contributed by atoms with E-state index in [0.29, 0.717) is 30.1 Å². The summed E-state index contributed by atoms with van der Waals surface area (Å²) in [6.07, 6.45) is 0. The van der Waals surface area contributed by atoms with Crippen molar-refractivity contribution in [3.8, 4) is 5.75 Å². The van der Waals surface area contributed by atoms with Crippen molar-refractivity contribution >= 4 is 17.5 Å². The third kappa shape index (κ3) is 5.14. The molecule has 1 aliphatic heterocycles. The number of ether oxygens (including phenoxy) is 1. The van der Waals surface area contributed by atoms with Gasteiger partial charge in [0, 0.05) is 37.7 Å². The Morgan fingerprint density at radius 1 is 1.03 bits per heavy atom. The van der Waals surface area contributed by atoms with Gasteiger partial charge in [-0.3, -0.25) is 9.69 Å². The van der Waals surface area contributed by atoms with Gasteiger partial charge in [0.1, 0.15) is 18.1 Å². The van der Waals surface area contributed by atoms with E-state index in [1.54, 1.807) is 0 Å². The third-order valence-corrected chi connectivity index (χ3v) is 6.28. The zero-order valence-corrected chi connectivity index (χ0v) is 19.5. The molecule has 1 fully saturated rings. The number of carbonyl (C=O) groups excluding carboxylic acids is 1. The maximum Gasteiger partial charge on any atom is 0.276 e. The minimum absolute atomic E-state index is 0.105. The van der Waals surface area contributed by atoms with Crippen molar-refractivity contribution in [3.05, 3.63) is 81.2 Å². The van der Waals surface area contributed by atoms with Crippen molar-refractivity contribution in [2.24, 2.45) is 0 Å². The van der Waals surface area contributed by atoms with Crippen LogP contribution in [0.2, 0.25) is 5.02 Å². The zero-order chi connectivity index (χ0) is 22.7. The van der Waals surface area contributed by atoms with Crippen LogP contribution in [0.25, 0.3) is 0 Å². The number of hydrogen-bond donors (Lipinski definition) is 0. The van der Waals surface area contributed by atoms with Crippen molar-refractivity contribution < 1.29 is 14.1 Å². The van der Waals surface area contributed by atoms with Gasteiger partial charge in [-0.05, 0) is 61.7 Å². The monoisotopic (exact) mass is 453 g/mol. The maximum absolute atomic E-state index is 13.2. The molecular weight excluding hydrogens is 426 g/mol. The van der Waals surface area contributed by atoms with Crippen molar-refractivity contribution in [3.63, 3.8) is 0 Å². The Morgan fingerprint density at radius 3 is 2.44 bits per heavy atom. The molecule has 0 N–H and O–H groups in total. The van der Waals surface area contributed by atoms with Crippen LogP contribution in [0.4, 0.5) is 0 Å². The Hall–Kier alpha value is -2.83. The fourth-order valence-electron chi connectivity index (χ4n) is 3.80. The Morgan fingerprint density at radius 2 is 1.75 bits per heavy atom. The van der Waals surface area contributed by atoms with E-state index in [0.717, 1.165) is 36.0 Å². The fraction of sp³-hybridized carbons (Fsp3) is 0.360. The fourth-order valence-corrected chi connectivity index (χ4v) is 3.92. The molecule has 0 aliphatic carbocycles. The van der Waals surface area contributed by atoms with E-state index >= 15 is 0 Å². The van der Waals surface area contributed by atoms with E-state index in [1.165, 1.54) is 11.1 Å². The van der Waals surface area contributed by atoms with Gasteiger partial charge < -0.3 is 14.2 Å². The van der Waals surface area contributed by atoms with Crippen molar-refractivity contribution in [1.82, 2.24) is 15.0 Å². The van der Waals surface area contributed by atoms with Gasteiger partial charge in [-0.25, -0.2) is 0 Å². The van der Waals surface area contributed by atoms with Crippen LogP contribution < -0.4 is 4.74 Å². The van der Waals surface area contributed by atoms with Crippen LogP contribution in [0.15, 0.2) is 47.0 Å². The van der Waals surface area contributed by atoms with Crippen molar-refractivity contribution in [2.75, 3.05) is 26.2 Å². The van der Waals surface area contributed by atoms with Crippen LogP contribution in [0, 0.1) is 20.8 Å². The Balaban J connectivity index is 1.36. The first-order valence-corrected chi connectivity index (χ1v) is 11.2. The number of rotatable bonds is 6. The van der Waals surface area contributed by atoms with Crippen molar-refractivity contribution in [1.29, 1.82) is 0 Å². The molecule has 1 saturated heterocycles. The van der Waals surface area contributed by atoms with Crippen molar-refractivity contribution in [2.45, 2.75) is 33.9 Å². The Bertz CT molecular complexity index is 1090. The van der Waals surface area contributed by atoms with E-state index in [-0.39, 0.29) is 12.5 Å². The van der Waals surface area contributed by atoms with Crippen LogP contribution in [0.3, 0.4) is 0 Å². The topological polar surface area (TPSA) is 58.8 Å². The molecule has 0 spiro atoms. The van der Waals surface area contributed by atoms with Gasteiger partial charge in [0.15, 0.2) is 5.69 Å². The molecule has 1 aliphatic rings. The molecule has 0 radical (unpaired) electrons. The second-order valence-corrected chi connectivity index (χ2v) is 8.73. The molecule has 6 nitrogen and oxygen atoms in total. The first-order valence-electron chi connectivity index (χ1n) is 10.8. The molecule has 3 aromatic rings. The predicted molar refractivity (Wildman–Crippen MR) is 124 cm³/mol. The molecule has 1 amide bonds. The number of halogens is 1. The molecule has 2 heterocycles. The summed E-state index contributed by atoms with van der Waals surface area (Å²) in [6, 6.07) is 13.9. The molecular formula is C25H28ClN3O3. The van der Waals surface area contributed by atoms with Crippen LogP contribution in [-0.4, -0.2) is 47.0 Å². The number of benzene rings is 2. The largest absolute Gasteiger partial charge is 0.489 e. The molecule has 0 bridgehead atoms. The zero-order valence-electron chi connectivity index (χ0n) is 18.7. The summed E-state index contributed by atoms with van der Waals surface area (Å²) in [7, 11) is 0. The highest BCUT2D eigenvalue weighted by molar-refractivity contribution is 6.30. The first kappa shape index (κ1) is 22.4. The van der Waals surface area contributed by atoms with E-state index in [9.17, 15) is 4.79 Å². The number of piperazine rings is 1. The minimum Gasteiger partial charge on any atom is -0.489 e. The molecule has 1 aromatic heterocycles. The molecule has 0 saturated carbocycles. The second-order valence-electron chi connectivity index (χ2n) is 8.30. The van der Waals surface area contributed by atoms with Crippen LogP contribution in [0.5, 0.6) is 5.75 Å². The molecule has 7 heteroatoms. The number of amides is 1. The summed E-state index contributed by atoms with van der Waals surface area (Å²) in [6.45, 7) is 9.92. The average Bonchev–Trinajstić information content (AvgIpc) is 3.16. The minimum atomic E-state index is -0.105. The van der Waals surface area contributed by atoms with Gasteiger partial charge in [0.25, 0.3) is 5.91 Å². The van der Waals surface area contributed by atoms with Crippen LogP contribution in [-0.2, 0) is 13.2 Å². The lowest BCUT2D eigenvalue weighted by atomic mass is 10.1. The van der Waals surface area contributed by atoms with E-state index in [2.05, 4.69) is 17.0 Å². The van der Waals surface area contributed by atoms with Gasteiger partial charge in [0.05, 0.1) is 5.56 Å². The normalized spacial score (nSPS) is 14.6. The van der Waals surface area contributed by atoms with E-state index in [1.807, 2.05) is 61.2 Å². The smallest absolute Gasteiger partial charge is 0.276 e. The highest BCUT2D eigenvalue weighted by Gasteiger charge is 2.28. The van der Waals surface area contributed by atoms with Crippen LogP contribution in [0.1, 0.15) is 38.5 Å². The highest BCUT2D eigenvalue weighted by atomic mass is 35.5. The molecule has 0 unspecified atom stereocenters. The van der Waals surface area contributed by atoms with E-state index in [4.69, 9.17) is 20.9 Å². The predicted octanol–water partition coefficient (Wildman–Crippen LogP) is 4.79. The number of hydrogen-bond acceptors (Lipinski definition) is 5. The maximum atomic E-state index is 13.2. The standard InChI is InChI=1S/C25H28ClN3O3/c1-17-4-9-22(14-18(17)2)31-16-23-19(3)32-27-24(23)25(30)29-12-10-28(11-13-29)15-20-5-7-21(26)8-6-20/h4-9,14H,10-13,15-16H2,1-3H3. The van der Waals surface area contributed by atoms with Gasteiger partial charge in [-0.2, -0.15) is 0 Å². The number of aromatic nitrogens is 1. The summed E-state index contributed by atoms with van der Waals surface area (Å²) in [5, 5.41) is 4.80. The number of aryl methyl sites for hydroxylation is 3. The second kappa shape index (κ2) is 9.76. The number of carbonyl (C=O) groups is 1. The van der Waals surface area contributed by atoms with Crippen LogP contribution >= 0.6 is 11.6 Å². The first-order chi connectivity index (χ1) is 15.4. The molecule has 2 aromatic carbocycles. The Labute approximate surface area is 193 Å². The van der Waals surface area contributed by atoms with Gasteiger partial charge in [-0.15, -0.1) is 0 Å². The lowest BCUT2D eigenvalue weighted by Crippen LogP contribution is -2.48. The average molecular weight is 454 g/mol. The lowest BCUT2D eigenvalue weighted by Gasteiger charge is -2.34. The highest BCUT2D eigenvalue weighted by Crippen LogP contribution is 2.22. The SMILES string of the molecule is Cc1ccc(OCc2c(C(=O)N3CCN(Cc4ccc(Cl)cc4)CC3)noc2C)cc1C. The van der Waals surface area contributed by atoms with Gasteiger partial charge in [0.2, 0.25) is 0 Å². The third-order valence-electron chi connectivity index (χ3n) is 6.03.